The van der Waals surface area contributed by atoms with Gasteiger partial charge in [0.1, 0.15) is 11.6 Å². The molecule has 2 aromatic carbocycles. The van der Waals surface area contributed by atoms with E-state index in [1.54, 1.807) is 22.6 Å². The van der Waals surface area contributed by atoms with Gasteiger partial charge in [0.2, 0.25) is 10.0 Å². The monoisotopic (exact) mass is 615 g/mol. The third kappa shape index (κ3) is 5.57. The maximum atomic E-state index is 13.3. The quantitative estimate of drug-likeness (QED) is 0.334. The van der Waals surface area contributed by atoms with Crippen LogP contribution in [0, 0.1) is 12.8 Å². The van der Waals surface area contributed by atoms with Gasteiger partial charge in [-0.05, 0) is 89.0 Å². The number of allylic oxidation sites excluding steroid dienone is 2. The van der Waals surface area contributed by atoms with Crippen LogP contribution in [0.2, 0.25) is 5.02 Å². The number of nitrogens with zero attached hydrogens (tertiary/aromatic N) is 3. The fourth-order valence-electron chi connectivity index (χ4n) is 4.94. The van der Waals surface area contributed by atoms with Crippen molar-refractivity contribution >= 4 is 54.8 Å². The Labute approximate surface area is 237 Å². The van der Waals surface area contributed by atoms with Gasteiger partial charge in [-0.15, -0.1) is 0 Å². The van der Waals surface area contributed by atoms with Gasteiger partial charge in [-0.25, -0.2) is 13.1 Å². The van der Waals surface area contributed by atoms with E-state index in [-0.39, 0.29) is 4.90 Å². The molecule has 2 N–H and O–H groups in total. The molecule has 3 aromatic rings. The van der Waals surface area contributed by atoms with Gasteiger partial charge in [-0.3, -0.25) is 0 Å². The van der Waals surface area contributed by atoms with Crippen LogP contribution in [-0.2, 0) is 16.4 Å². The van der Waals surface area contributed by atoms with Crippen LogP contribution >= 0.6 is 27.5 Å². The van der Waals surface area contributed by atoms with Crippen LogP contribution in [0.1, 0.15) is 36.5 Å². The number of benzene rings is 2. The minimum atomic E-state index is -3.58. The number of piperidine rings is 1. The lowest BCUT2D eigenvalue weighted by molar-refractivity contribution is 0.272. The molecule has 0 spiro atoms. The number of nitrogens with one attached hydrogen (secondary N) is 2. The summed E-state index contributed by atoms with van der Waals surface area (Å²) in [4.78, 5) is 0.279. The molecule has 10 heteroatoms. The van der Waals surface area contributed by atoms with Gasteiger partial charge in [0.15, 0.2) is 0 Å². The van der Waals surface area contributed by atoms with Crippen molar-refractivity contribution in [2.45, 2.75) is 38.0 Å². The molecule has 38 heavy (non-hydrogen) atoms. The lowest BCUT2D eigenvalue weighted by Crippen LogP contribution is -2.40. The number of sulfonamides is 1. The fourth-order valence-corrected chi connectivity index (χ4v) is 7.20. The number of fused-ring (bicyclic) bond motifs is 1. The highest BCUT2D eigenvalue weighted by Gasteiger charge is 2.30. The lowest BCUT2D eigenvalue weighted by Gasteiger charge is -2.31. The predicted molar refractivity (Wildman–Crippen MR) is 157 cm³/mol. The van der Waals surface area contributed by atoms with Crippen molar-refractivity contribution in [3.8, 4) is 0 Å². The highest BCUT2D eigenvalue weighted by Crippen LogP contribution is 2.31. The lowest BCUT2D eigenvalue weighted by atomic mass is 9.98. The van der Waals surface area contributed by atoms with E-state index in [4.69, 9.17) is 11.6 Å². The Balaban J connectivity index is 1.29. The first-order chi connectivity index (χ1) is 18.3. The predicted octanol–water partition coefficient (Wildman–Crippen LogP) is 6.13. The minimum Gasteiger partial charge on any atom is -0.370 e. The van der Waals surface area contributed by atoms with Crippen molar-refractivity contribution in [3.63, 3.8) is 0 Å². The Hall–Kier alpha value is -2.59. The van der Waals surface area contributed by atoms with E-state index in [0.29, 0.717) is 24.0 Å². The van der Waals surface area contributed by atoms with E-state index in [1.165, 1.54) is 5.56 Å². The molecule has 5 rings (SSSR count). The average Bonchev–Trinajstić information content (AvgIpc) is 3.17. The van der Waals surface area contributed by atoms with E-state index < -0.39 is 10.0 Å². The van der Waals surface area contributed by atoms with Crippen LogP contribution in [-0.4, -0.2) is 42.1 Å². The van der Waals surface area contributed by atoms with Gasteiger partial charge in [-0.2, -0.15) is 9.40 Å². The highest BCUT2D eigenvalue weighted by atomic mass is 79.9. The third-order valence-electron chi connectivity index (χ3n) is 7.19. The molecule has 200 valence electrons. The largest absolute Gasteiger partial charge is 0.370 e. The number of hydrogen-bond donors (Lipinski definition) is 2. The van der Waals surface area contributed by atoms with Gasteiger partial charge in [0.05, 0.1) is 15.6 Å². The Morgan fingerprint density at radius 3 is 2.68 bits per heavy atom. The molecule has 7 nitrogen and oxygen atoms in total. The summed E-state index contributed by atoms with van der Waals surface area (Å²) >= 11 is 9.79. The van der Waals surface area contributed by atoms with Crippen LogP contribution in [0.3, 0.4) is 0 Å². The summed E-state index contributed by atoms with van der Waals surface area (Å²) in [6, 6.07) is 13.4. The Kier molecular flexibility index (Phi) is 8.00. The second-order valence-corrected chi connectivity index (χ2v) is 12.9. The van der Waals surface area contributed by atoms with E-state index in [1.807, 2.05) is 36.0 Å². The molecule has 0 bridgehead atoms. The molecule has 0 aliphatic carbocycles. The fraction of sp³-hybridized carbons (Fsp3) is 0.321. The summed E-state index contributed by atoms with van der Waals surface area (Å²) < 4.78 is 30.9. The zero-order valence-electron chi connectivity index (χ0n) is 21.4. The smallest absolute Gasteiger partial charge is 0.243 e. The Morgan fingerprint density at radius 2 is 1.95 bits per heavy atom. The number of anilines is 1. The molecular formula is C28H31BrClN5O2S. The maximum Gasteiger partial charge on any atom is 0.243 e. The van der Waals surface area contributed by atoms with E-state index in [9.17, 15) is 8.42 Å². The number of rotatable bonds is 7. The Bertz CT molecular complexity index is 1510. The van der Waals surface area contributed by atoms with Gasteiger partial charge in [0.25, 0.3) is 0 Å². The minimum absolute atomic E-state index is 0.279. The van der Waals surface area contributed by atoms with E-state index in [0.717, 1.165) is 58.6 Å². The summed E-state index contributed by atoms with van der Waals surface area (Å²) in [7, 11) is -3.58. The third-order valence-corrected chi connectivity index (χ3v) is 9.86. The number of hydrogen-bond acceptors (Lipinski definition) is 5. The maximum absolute atomic E-state index is 13.3. The van der Waals surface area contributed by atoms with Crippen LogP contribution in [0.5, 0.6) is 0 Å². The van der Waals surface area contributed by atoms with Crippen molar-refractivity contribution < 1.29 is 8.42 Å². The molecule has 2 aliphatic heterocycles. The van der Waals surface area contributed by atoms with Crippen molar-refractivity contribution in [2.75, 3.05) is 25.0 Å². The molecule has 0 unspecified atom stereocenters. The van der Waals surface area contributed by atoms with Crippen molar-refractivity contribution in [3.05, 3.63) is 87.1 Å². The molecule has 3 heterocycles. The van der Waals surface area contributed by atoms with Crippen molar-refractivity contribution in [2.24, 2.45) is 5.92 Å². The second kappa shape index (κ2) is 11.3. The molecule has 1 saturated heterocycles. The zero-order chi connectivity index (χ0) is 26.9. The summed E-state index contributed by atoms with van der Waals surface area (Å²) in [6.45, 7) is 5.77. The topological polar surface area (TPSA) is 79.3 Å². The van der Waals surface area contributed by atoms with Gasteiger partial charge < -0.3 is 10.6 Å². The summed E-state index contributed by atoms with van der Waals surface area (Å²) in [6.07, 6.45) is 8.16. The molecule has 1 fully saturated rings. The van der Waals surface area contributed by atoms with E-state index in [2.05, 4.69) is 56.8 Å². The van der Waals surface area contributed by atoms with Crippen molar-refractivity contribution in [1.29, 1.82) is 0 Å². The van der Waals surface area contributed by atoms with Gasteiger partial charge >= 0.3 is 0 Å². The van der Waals surface area contributed by atoms with Crippen LogP contribution in [0.25, 0.3) is 11.4 Å². The molecule has 2 aliphatic rings. The van der Waals surface area contributed by atoms with Crippen LogP contribution in [0.15, 0.2) is 70.3 Å². The normalized spacial score (nSPS) is 16.7. The highest BCUT2D eigenvalue weighted by molar-refractivity contribution is 9.10. The molecule has 0 radical (unpaired) electrons. The number of aromatic nitrogens is 2. The average molecular weight is 617 g/mol. The summed E-state index contributed by atoms with van der Waals surface area (Å²) in [5.74, 6) is 2.05. The standard InChI is InChI=1S/C28H31BrClN5O2S/c1-3-20-12-23(30)15-24(13-20)38(36,37)34-10-8-21(9-11-34)16-31-27-14-22(25-7-5-4-6-19(25)2)17-32-28-26(29)18-33-35(27)28/h4-7,12-15,17-18,21,31-32H,3,8-11,16H2,1-2H3. The first-order valence-corrected chi connectivity index (χ1v) is 15.4. The Morgan fingerprint density at radius 1 is 1.18 bits per heavy atom. The molecule has 0 atom stereocenters. The number of halogens is 2. The first-order valence-electron chi connectivity index (χ1n) is 12.8. The molecule has 0 amide bonds. The van der Waals surface area contributed by atoms with Gasteiger partial charge in [0, 0.05) is 36.4 Å². The molecule has 0 saturated carbocycles. The SMILES string of the molecule is CCc1cc(Cl)cc(S(=O)(=O)N2CCC(CNC3=CC(c4ccccc4C)=CNc4c(Br)cnn43)CC2)c1. The van der Waals surface area contributed by atoms with Gasteiger partial charge in [-0.1, -0.05) is 42.8 Å². The first kappa shape index (κ1) is 27.0. The van der Waals surface area contributed by atoms with Crippen LogP contribution in [0.4, 0.5) is 5.82 Å². The summed E-state index contributed by atoms with van der Waals surface area (Å²) in [5.41, 5.74) is 4.31. The molecule has 1 aromatic heterocycles. The van der Waals surface area contributed by atoms with E-state index >= 15 is 0 Å². The van der Waals surface area contributed by atoms with Crippen molar-refractivity contribution in [1.82, 2.24) is 19.4 Å². The summed E-state index contributed by atoms with van der Waals surface area (Å²) in [5, 5.41) is 12.0. The zero-order valence-corrected chi connectivity index (χ0v) is 24.6. The number of aryl methyl sites for hydroxylation is 2. The van der Waals surface area contributed by atoms with Crippen LogP contribution < -0.4 is 10.6 Å². The second-order valence-electron chi connectivity index (χ2n) is 9.72. The molecular weight excluding hydrogens is 586 g/mol.